The molecule has 0 aliphatic carbocycles. The molecule has 0 amide bonds. The van der Waals surface area contributed by atoms with Crippen LogP contribution in [-0.2, 0) is 4.74 Å². The van der Waals surface area contributed by atoms with Crippen LogP contribution in [0.5, 0.6) is 0 Å². The van der Waals surface area contributed by atoms with E-state index >= 15 is 0 Å². The molecule has 160 valence electrons. The number of hydrogen-bond donors (Lipinski definition) is 2. The molecule has 0 heterocycles. The van der Waals surface area contributed by atoms with E-state index in [1.54, 1.807) is 0 Å². The Morgan fingerprint density at radius 2 is 0.846 bits per heavy atom. The molecule has 0 bridgehead atoms. The molecule has 3 nitrogen and oxygen atoms in total. The van der Waals surface area contributed by atoms with E-state index in [0.717, 1.165) is 19.6 Å². The summed E-state index contributed by atoms with van der Waals surface area (Å²) in [5.74, 6) is 0. The first kappa shape index (κ1) is 49.7. The smallest absolute Gasteiger partial charge is 0.0662 e. The summed E-state index contributed by atoms with van der Waals surface area (Å²) in [6.07, 6.45) is 6.39. The molecular formula is C23H50O3. The van der Waals surface area contributed by atoms with Crippen LogP contribution in [-0.4, -0.2) is 36.6 Å². The first-order valence-corrected chi connectivity index (χ1v) is 8.62. The minimum absolute atomic E-state index is 0.125. The molecule has 0 radical (unpaired) electrons. The molecule has 0 saturated carbocycles. The van der Waals surface area contributed by atoms with Crippen molar-refractivity contribution in [1.82, 2.24) is 0 Å². The molecule has 0 aliphatic rings. The first-order chi connectivity index (χ1) is 12.8. The number of aliphatic hydroxyl groups excluding tert-OH is 2. The topological polar surface area (TPSA) is 49.7 Å². The van der Waals surface area contributed by atoms with Gasteiger partial charge in [-0.1, -0.05) is 33.1 Å². The monoisotopic (exact) mass is 374 g/mol. The van der Waals surface area contributed by atoms with Crippen molar-refractivity contribution in [3.63, 3.8) is 0 Å². The lowest BCUT2D eigenvalue weighted by molar-refractivity contribution is 0.130. The number of hydrogen-bond acceptors (Lipinski definition) is 3. The first-order valence-electron chi connectivity index (χ1n) is 8.62. The second-order valence-electron chi connectivity index (χ2n) is 3.12. The fourth-order valence-corrected chi connectivity index (χ4v) is 0.877. The van der Waals surface area contributed by atoms with Gasteiger partial charge in [-0.2, -0.15) is 0 Å². The van der Waals surface area contributed by atoms with Gasteiger partial charge in [-0.05, 0) is 12.8 Å². The lowest BCUT2D eigenvalue weighted by Gasteiger charge is -2.00. The average Bonchev–Trinajstić information content (AvgIpc) is 2.79. The molecule has 0 aromatic carbocycles. The van der Waals surface area contributed by atoms with Gasteiger partial charge in [0.25, 0.3) is 0 Å². The van der Waals surface area contributed by atoms with Crippen LogP contribution in [0.3, 0.4) is 0 Å². The van der Waals surface area contributed by atoms with Crippen LogP contribution in [0.2, 0.25) is 0 Å². The summed E-state index contributed by atoms with van der Waals surface area (Å²) < 4.78 is 5.33. The van der Waals surface area contributed by atoms with Crippen LogP contribution in [0.25, 0.3) is 0 Å². The summed E-state index contributed by atoms with van der Waals surface area (Å²) in [5.41, 5.74) is 0. The van der Waals surface area contributed by atoms with E-state index in [9.17, 15) is 0 Å². The normalized spacial score (nSPS) is 6.00. The standard InChI is InChI=1S/C9H20O.C2H6O2.6C2H4/c1-3-5-6-7-9-10-8-4-2;3-1-2-4;6*1-2/h3-9H2,1-2H3;3-4H,1-2H2;6*1-2H2. The molecule has 0 atom stereocenters. The Kier molecular flexibility index (Phi) is 321. The fraction of sp³-hybridized carbons (Fsp3) is 0.478. The van der Waals surface area contributed by atoms with Gasteiger partial charge in [0.15, 0.2) is 0 Å². The highest BCUT2D eigenvalue weighted by atomic mass is 16.5. The molecule has 0 spiro atoms. The zero-order valence-electron chi connectivity index (χ0n) is 18.2. The average molecular weight is 375 g/mol. The predicted octanol–water partition coefficient (Wildman–Crippen LogP) is 6.78. The van der Waals surface area contributed by atoms with Crippen LogP contribution in [0, 0.1) is 0 Å². The molecule has 0 fully saturated rings. The highest BCUT2D eigenvalue weighted by molar-refractivity contribution is 4.38. The second kappa shape index (κ2) is 168. The molecule has 0 saturated heterocycles. The van der Waals surface area contributed by atoms with E-state index in [2.05, 4.69) is 92.8 Å². The van der Waals surface area contributed by atoms with E-state index in [1.165, 1.54) is 25.7 Å². The number of unbranched alkanes of at least 4 members (excludes halogenated alkanes) is 3. The van der Waals surface area contributed by atoms with Gasteiger partial charge < -0.3 is 14.9 Å². The Hall–Kier alpha value is -1.68. The van der Waals surface area contributed by atoms with Gasteiger partial charge in [0, 0.05) is 13.2 Å². The maximum atomic E-state index is 7.62. The van der Waals surface area contributed by atoms with E-state index in [4.69, 9.17) is 14.9 Å². The molecule has 0 aromatic rings. The van der Waals surface area contributed by atoms with Gasteiger partial charge in [0.2, 0.25) is 0 Å². The van der Waals surface area contributed by atoms with Crippen LogP contribution in [0.1, 0.15) is 46.0 Å². The minimum Gasteiger partial charge on any atom is -0.394 e. The number of rotatable bonds is 8. The Labute approximate surface area is 166 Å². The van der Waals surface area contributed by atoms with Gasteiger partial charge >= 0.3 is 0 Å². The summed E-state index contributed by atoms with van der Waals surface area (Å²) >= 11 is 0. The molecule has 0 aliphatic heterocycles. The lowest BCUT2D eigenvalue weighted by atomic mass is 10.2. The summed E-state index contributed by atoms with van der Waals surface area (Å²) in [6, 6.07) is 0. The van der Waals surface area contributed by atoms with Crippen molar-refractivity contribution in [2.45, 2.75) is 46.0 Å². The third-order valence-electron chi connectivity index (χ3n) is 1.59. The Bertz CT molecular complexity index is 116. The summed E-state index contributed by atoms with van der Waals surface area (Å²) in [6.45, 7) is 42.0. The maximum absolute atomic E-state index is 7.62. The lowest BCUT2D eigenvalue weighted by Crippen LogP contribution is -1.94. The maximum Gasteiger partial charge on any atom is 0.0662 e. The van der Waals surface area contributed by atoms with Crippen LogP contribution in [0.4, 0.5) is 0 Å². The molecule has 3 heteroatoms. The van der Waals surface area contributed by atoms with Gasteiger partial charge in [-0.15, -0.1) is 78.9 Å². The zero-order valence-corrected chi connectivity index (χ0v) is 18.2. The molecule has 2 N–H and O–H groups in total. The van der Waals surface area contributed by atoms with E-state index < -0.39 is 0 Å². The highest BCUT2D eigenvalue weighted by Gasteiger charge is 1.86. The molecule has 0 aromatic heterocycles. The van der Waals surface area contributed by atoms with Gasteiger partial charge in [-0.3, -0.25) is 0 Å². The Balaban J connectivity index is -0.0000000285. The van der Waals surface area contributed by atoms with Crippen molar-refractivity contribution >= 4 is 0 Å². The van der Waals surface area contributed by atoms with Crippen molar-refractivity contribution in [2.24, 2.45) is 0 Å². The van der Waals surface area contributed by atoms with E-state index in [0.29, 0.717) is 0 Å². The van der Waals surface area contributed by atoms with Gasteiger partial charge in [0.05, 0.1) is 13.2 Å². The zero-order chi connectivity index (χ0) is 23.1. The minimum atomic E-state index is -0.125. The predicted molar refractivity (Wildman–Crippen MR) is 127 cm³/mol. The third kappa shape index (κ3) is 254. The van der Waals surface area contributed by atoms with Crippen LogP contribution >= 0.6 is 0 Å². The molecular weight excluding hydrogens is 324 g/mol. The fourth-order valence-electron chi connectivity index (χ4n) is 0.877. The van der Waals surface area contributed by atoms with Crippen LogP contribution < -0.4 is 0 Å². The van der Waals surface area contributed by atoms with Gasteiger partial charge in [-0.25, -0.2) is 0 Å². The number of ether oxygens (including phenoxy) is 1. The molecule has 0 rings (SSSR count). The van der Waals surface area contributed by atoms with Crippen molar-refractivity contribution in [1.29, 1.82) is 0 Å². The van der Waals surface area contributed by atoms with Gasteiger partial charge in [0.1, 0.15) is 0 Å². The second-order valence-corrected chi connectivity index (χ2v) is 3.12. The summed E-state index contributed by atoms with van der Waals surface area (Å²) in [5, 5.41) is 15.2. The quantitative estimate of drug-likeness (QED) is 0.364. The highest BCUT2D eigenvalue weighted by Crippen LogP contribution is 1.98. The van der Waals surface area contributed by atoms with Crippen molar-refractivity contribution in [3.05, 3.63) is 78.9 Å². The van der Waals surface area contributed by atoms with Crippen molar-refractivity contribution in [3.8, 4) is 0 Å². The van der Waals surface area contributed by atoms with Crippen molar-refractivity contribution in [2.75, 3.05) is 26.4 Å². The SMILES string of the molecule is C=C.C=C.C=C.C=C.C=C.C=C.CCCCCCOCCC.OCCO. The Morgan fingerprint density at radius 3 is 1.08 bits per heavy atom. The van der Waals surface area contributed by atoms with Crippen LogP contribution in [0.15, 0.2) is 78.9 Å². The largest absolute Gasteiger partial charge is 0.394 e. The summed E-state index contributed by atoms with van der Waals surface area (Å²) in [4.78, 5) is 0. The van der Waals surface area contributed by atoms with Crippen molar-refractivity contribution < 1.29 is 14.9 Å². The molecule has 26 heavy (non-hydrogen) atoms. The summed E-state index contributed by atoms with van der Waals surface area (Å²) in [7, 11) is 0. The molecule has 0 unspecified atom stereocenters. The van der Waals surface area contributed by atoms with E-state index in [-0.39, 0.29) is 13.2 Å². The number of aliphatic hydroxyl groups is 2. The van der Waals surface area contributed by atoms with E-state index in [1.807, 2.05) is 0 Å². The Morgan fingerprint density at radius 1 is 0.500 bits per heavy atom. The third-order valence-corrected chi connectivity index (χ3v) is 1.59.